The second-order valence-corrected chi connectivity index (χ2v) is 9.55. The maximum atomic E-state index is 13.3. The number of fused-ring (bicyclic) bond motifs is 4. The molecule has 4 rings (SSSR count). The molecule has 0 spiro atoms. The Morgan fingerprint density at radius 1 is 1.29 bits per heavy atom. The van der Waals surface area contributed by atoms with Crippen LogP contribution in [0, 0.1) is 28.6 Å². The van der Waals surface area contributed by atoms with Crippen LogP contribution in [-0.4, -0.2) is 25.3 Å². The first-order chi connectivity index (χ1) is 11.5. The standard InChI is InChI=1S/C19H22N2O2S/c1-19(9-10-20)13-21(24(22,23)16-5-3-2-4-6-16)18-15-8-7-14(11-15)12-17(18)19/h2-6,12,14-15,18H,7-9,11,13H2,1H3/t14-,15+,18-,19+/m0/s1. The zero-order chi connectivity index (χ0) is 16.9. The molecule has 126 valence electrons. The van der Waals surface area contributed by atoms with Crippen molar-refractivity contribution in [3.63, 3.8) is 0 Å². The van der Waals surface area contributed by atoms with E-state index in [1.165, 1.54) is 5.57 Å². The van der Waals surface area contributed by atoms with Gasteiger partial charge in [0.2, 0.25) is 10.0 Å². The highest BCUT2D eigenvalue weighted by Crippen LogP contribution is 2.54. The van der Waals surface area contributed by atoms with Crippen molar-refractivity contribution in [1.82, 2.24) is 4.31 Å². The van der Waals surface area contributed by atoms with Gasteiger partial charge in [0.1, 0.15) is 0 Å². The highest BCUT2D eigenvalue weighted by atomic mass is 32.2. The van der Waals surface area contributed by atoms with Crippen LogP contribution >= 0.6 is 0 Å². The third-order valence-corrected chi connectivity index (χ3v) is 7.87. The SMILES string of the molecule is C[C@@]1(CC#N)CN(S(=O)(=O)c2ccccc2)[C@@H]2C1=C[C@H]1CC[C@@H]2C1. The largest absolute Gasteiger partial charge is 0.243 e. The fourth-order valence-electron chi connectivity index (χ4n) is 4.87. The molecule has 24 heavy (non-hydrogen) atoms. The summed E-state index contributed by atoms with van der Waals surface area (Å²) in [6.45, 7) is 2.47. The second-order valence-electron chi connectivity index (χ2n) is 7.66. The molecule has 1 aromatic carbocycles. The molecule has 1 aromatic rings. The molecule has 1 aliphatic heterocycles. The molecule has 4 nitrogen and oxygen atoms in total. The molecule has 3 aliphatic rings. The zero-order valence-electron chi connectivity index (χ0n) is 13.9. The number of rotatable bonds is 3. The molecule has 0 radical (unpaired) electrons. The average molecular weight is 342 g/mol. The minimum Gasteiger partial charge on any atom is -0.207 e. The predicted molar refractivity (Wildman–Crippen MR) is 91.4 cm³/mol. The number of nitrogens with zero attached hydrogens (tertiary/aromatic N) is 2. The molecule has 0 aromatic heterocycles. The quantitative estimate of drug-likeness (QED) is 0.792. The molecule has 2 aliphatic carbocycles. The summed E-state index contributed by atoms with van der Waals surface area (Å²) in [6, 6.07) is 10.9. The summed E-state index contributed by atoms with van der Waals surface area (Å²) in [7, 11) is -3.54. The third kappa shape index (κ3) is 2.24. The highest BCUT2D eigenvalue weighted by molar-refractivity contribution is 7.89. The smallest absolute Gasteiger partial charge is 0.207 e. The molecular formula is C19H22N2O2S. The summed E-state index contributed by atoms with van der Waals surface area (Å²) in [5.74, 6) is 0.965. The van der Waals surface area contributed by atoms with E-state index in [0.717, 1.165) is 19.3 Å². The molecule has 0 unspecified atom stereocenters. The summed E-state index contributed by atoms with van der Waals surface area (Å²) in [5.41, 5.74) is 0.838. The number of sulfonamides is 1. The van der Waals surface area contributed by atoms with Gasteiger partial charge >= 0.3 is 0 Å². The van der Waals surface area contributed by atoms with E-state index in [-0.39, 0.29) is 11.5 Å². The molecule has 0 N–H and O–H groups in total. The Morgan fingerprint density at radius 2 is 2.04 bits per heavy atom. The normalized spacial score (nSPS) is 35.3. The summed E-state index contributed by atoms with van der Waals surface area (Å²) < 4.78 is 28.2. The van der Waals surface area contributed by atoms with Gasteiger partial charge in [-0.15, -0.1) is 0 Å². The Kier molecular flexibility index (Phi) is 3.59. The Hall–Kier alpha value is -1.64. The van der Waals surface area contributed by atoms with Crippen molar-refractivity contribution in [3.05, 3.63) is 42.0 Å². The number of nitriles is 1. The monoisotopic (exact) mass is 342 g/mol. The molecular weight excluding hydrogens is 320 g/mol. The first kappa shape index (κ1) is 15.9. The summed E-state index contributed by atoms with van der Waals surface area (Å²) >= 11 is 0. The zero-order valence-corrected chi connectivity index (χ0v) is 14.7. The van der Waals surface area contributed by atoms with Gasteiger partial charge < -0.3 is 0 Å². The Labute approximate surface area is 143 Å². The van der Waals surface area contributed by atoms with E-state index in [1.54, 1.807) is 28.6 Å². The lowest BCUT2D eigenvalue weighted by molar-refractivity contribution is 0.296. The van der Waals surface area contributed by atoms with Gasteiger partial charge in [-0.3, -0.25) is 0 Å². The Bertz CT molecular complexity index is 825. The summed E-state index contributed by atoms with van der Waals surface area (Å²) in [6.07, 6.45) is 5.98. The van der Waals surface area contributed by atoms with Crippen LogP contribution in [-0.2, 0) is 10.0 Å². The van der Waals surface area contributed by atoms with Crippen molar-refractivity contribution in [2.24, 2.45) is 17.3 Å². The van der Waals surface area contributed by atoms with Crippen LogP contribution in [0.15, 0.2) is 46.9 Å². The lowest BCUT2D eigenvalue weighted by Crippen LogP contribution is -2.41. The van der Waals surface area contributed by atoms with E-state index in [1.807, 2.05) is 6.07 Å². The van der Waals surface area contributed by atoms with Crippen LogP contribution in [0.3, 0.4) is 0 Å². The Morgan fingerprint density at radius 3 is 2.75 bits per heavy atom. The van der Waals surface area contributed by atoms with Gasteiger partial charge in [-0.2, -0.15) is 9.57 Å². The third-order valence-electron chi connectivity index (χ3n) is 6.03. The molecule has 5 heteroatoms. The van der Waals surface area contributed by atoms with E-state index in [0.29, 0.717) is 29.7 Å². The fraction of sp³-hybridized carbons (Fsp3) is 0.526. The van der Waals surface area contributed by atoms with Crippen molar-refractivity contribution in [2.45, 2.75) is 43.5 Å². The summed E-state index contributed by atoms with van der Waals surface area (Å²) in [5, 5.41) is 9.29. The first-order valence-corrected chi connectivity index (χ1v) is 10.1. The van der Waals surface area contributed by atoms with E-state index < -0.39 is 10.0 Å². The van der Waals surface area contributed by atoms with Gasteiger partial charge in [-0.1, -0.05) is 31.2 Å². The molecule has 0 amide bonds. The number of hydrogen-bond donors (Lipinski definition) is 0. The molecule has 1 saturated carbocycles. The van der Waals surface area contributed by atoms with Crippen LogP contribution < -0.4 is 0 Å². The van der Waals surface area contributed by atoms with Crippen molar-refractivity contribution < 1.29 is 8.42 Å². The summed E-state index contributed by atoms with van der Waals surface area (Å²) in [4.78, 5) is 0.352. The maximum absolute atomic E-state index is 13.3. The van der Waals surface area contributed by atoms with Gasteiger partial charge in [0.05, 0.1) is 11.0 Å². The van der Waals surface area contributed by atoms with Crippen LogP contribution in [0.5, 0.6) is 0 Å². The van der Waals surface area contributed by atoms with Crippen molar-refractivity contribution >= 4 is 10.0 Å². The lowest BCUT2D eigenvalue weighted by Gasteiger charge is -2.33. The second kappa shape index (κ2) is 5.44. The molecule has 2 fully saturated rings. The average Bonchev–Trinajstić information content (AvgIpc) is 3.09. The number of benzene rings is 1. The Balaban J connectivity index is 1.81. The van der Waals surface area contributed by atoms with Crippen LogP contribution in [0.2, 0.25) is 0 Å². The van der Waals surface area contributed by atoms with Crippen LogP contribution in [0.25, 0.3) is 0 Å². The van der Waals surface area contributed by atoms with Gasteiger partial charge in [-0.05, 0) is 48.8 Å². The van der Waals surface area contributed by atoms with Gasteiger partial charge in [0, 0.05) is 24.4 Å². The highest BCUT2D eigenvalue weighted by Gasteiger charge is 2.55. The topological polar surface area (TPSA) is 61.2 Å². The lowest BCUT2D eigenvalue weighted by atomic mass is 9.73. The minimum atomic E-state index is -3.54. The van der Waals surface area contributed by atoms with E-state index in [2.05, 4.69) is 19.1 Å². The molecule has 2 bridgehead atoms. The van der Waals surface area contributed by atoms with Gasteiger partial charge in [-0.25, -0.2) is 8.42 Å². The fourth-order valence-corrected chi connectivity index (χ4v) is 6.69. The maximum Gasteiger partial charge on any atom is 0.243 e. The molecule has 1 saturated heterocycles. The van der Waals surface area contributed by atoms with Gasteiger partial charge in [0.15, 0.2) is 0 Å². The van der Waals surface area contributed by atoms with E-state index in [9.17, 15) is 13.7 Å². The van der Waals surface area contributed by atoms with E-state index >= 15 is 0 Å². The minimum absolute atomic E-state index is 0.0627. The number of allylic oxidation sites excluding steroid dienone is 1. The van der Waals surface area contributed by atoms with Crippen LogP contribution in [0.1, 0.15) is 32.6 Å². The van der Waals surface area contributed by atoms with Crippen molar-refractivity contribution in [2.75, 3.05) is 6.54 Å². The van der Waals surface area contributed by atoms with E-state index in [4.69, 9.17) is 0 Å². The first-order valence-electron chi connectivity index (χ1n) is 8.62. The predicted octanol–water partition coefficient (Wildman–Crippen LogP) is 3.34. The van der Waals surface area contributed by atoms with Crippen LogP contribution in [0.4, 0.5) is 0 Å². The van der Waals surface area contributed by atoms with Crippen molar-refractivity contribution in [1.29, 1.82) is 5.26 Å². The number of hydrogen-bond acceptors (Lipinski definition) is 3. The molecule has 1 heterocycles. The molecule has 4 atom stereocenters. The van der Waals surface area contributed by atoms with Crippen molar-refractivity contribution in [3.8, 4) is 6.07 Å². The van der Waals surface area contributed by atoms with Gasteiger partial charge in [0.25, 0.3) is 0 Å².